The summed E-state index contributed by atoms with van der Waals surface area (Å²) in [5.41, 5.74) is 2.92. The van der Waals surface area contributed by atoms with Crippen molar-refractivity contribution in [3.05, 3.63) is 83.3 Å². The van der Waals surface area contributed by atoms with Crippen LogP contribution in [0, 0.1) is 0 Å². The summed E-state index contributed by atoms with van der Waals surface area (Å²) in [5, 5.41) is 8.95. The highest BCUT2D eigenvalue weighted by molar-refractivity contribution is 5.99. The molecule has 1 fully saturated rings. The molecule has 31 heavy (non-hydrogen) atoms. The summed E-state index contributed by atoms with van der Waals surface area (Å²) in [6.07, 6.45) is 3.80. The summed E-state index contributed by atoms with van der Waals surface area (Å²) < 4.78 is 8.84. The van der Waals surface area contributed by atoms with Crippen molar-refractivity contribution < 1.29 is 9.53 Å². The summed E-state index contributed by atoms with van der Waals surface area (Å²) in [5.74, 6) is 0.642. The molecule has 4 aromatic rings. The Bertz CT molecular complexity index is 1330. The molecule has 0 radical (unpaired) electrons. The van der Waals surface area contributed by atoms with Crippen LogP contribution in [0.5, 0.6) is 5.75 Å². The van der Waals surface area contributed by atoms with Gasteiger partial charge < -0.3 is 9.64 Å². The molecule has 0 saturated carbocycles. The smallest absolute Gasteiger partial charge is 0.228 e. The van der Waals surface area contributed by atoms with Crippen molar-refractivity contribution in [3.63, 3.8) is 0 Å². The van der Waals surface area contributed by atoms with Gasteiger partial charge in [-0.1, -0.05) is 18.2 Å². The van der Waals surface area contributed by atoms with Crippen LogP contribution in [0.1, 0.15) is 6.42 Å². The van der Waals surface area contributed by atoms with E-state index >= 15 is 0 Å². The molecular formula is C23H19N5O3. The molecular weight excluding hydrogens is 394 g/mol. The van der Waals surface area contributed by atoms with Crippen LogP contribution in [0.2, 0.25) is 0 Å². The van der Waals surface area contributed by atoms with Crippen molar-refractivity contribution in [1.29, 1.82) is 0 Å². The first-order valence-electron chi connectivity index (χ1n) is 9.84. The maximum atomic E-state index is 12.7. The third-order valence-corrected chi connectivity index (χ3v) is 5.27. The molecule has 1 aliphatic heterocycles. The van der Waals surface area contributed by atoms with Gasteiger partial charge in [-0.05, 0) is 30.3 Å². The standard InChI is InChI=1S/C23H19N5O3/c1-31-21-15-17(26-13-11-22(26)30)7-8-18(21)27-14-10-20(29)23(25-27)19-9-12-24-28(19)16-5-3-2-4-6-16/h2-10,12,14-15H,11,13H2,1H3. The van der Waals surface area contributed by atoms with Crippen LogP contribution in [-0.4, -0.2) is 39.1 Å². The number of hydrogen-bond donors (Lipinski definition) is 0. The summed E-state index contributed by atoms with van der Waals surface area (Å²) in [6, 6.07) is 18.3. The first-order valence-corrected chi connectivity index (χ1v) is 9.84. The molecule has 0 unspecified atom stereocenters. The molecule has 2 aromatic carbocycles. The first kappa shape index (κ1) is 18.8. The third kappa shape index (κ3) is 3.28. The van der Waals surface area contributed by atoms with Gasteiger partial charge in [0.15, 0.2) is 5.69 Å². The van der Waals surface area contributed by atoms with Crippen molar-refractivity contribution in [2.24, 2.45) is 0 Å². The Hall–Kier alpha value is -4.20. The second kappa shape index (κ2) is 7.56. The largest absolute Gasteiger partial charge is 0.494 e. The van der Waals surface area contributed by atoms with Crippen molar-refractivity contribution in [3.8, 4) is 28.5 Å². The van der Waals surface area contributed by atoms with Gasteiger partial charge in [0, 0.05) is 37.0 Å². The quantitative estimate of drug-likeness (QED) is 0.470. The van der Waals surface area contributed by atoms with Gasteiger partial charge in [0.05, 0.1) is 24.7 Å². The summed E-state index contributed by atoms with van der Waals surface area (Å²) in [7, 11) is 1.56. The second-order valence-corrected chi connectivity index (χ2v) is 7.09. The van der Waals surface area contributed by atoms with Crippen LogP contribution in [0.25, 0.3) is 22.8 Å². The number of ether oxygens (including phenoxy) is 1. The molecule has 0 spiro atoms. The molecule has 8 nitrogen and oxygen atoms in total. The molecule has 154 valence electrons. The lowest BCUT2D eigenvalue weighted by atomic mass is 10.1. The Morgan fingerprint density at radius 1 is 0.968 bits per heavy atom. The number of para-hydroxylation sites is 1. The zero-order chi connectivity index (χ0) is 21.4. The predicted octanol–water partition coefficient (Wildman–Crippen LogP) is 2.83. The van der Waals surface area contributed by atoms with Gasteiger partial charge in [-0.15, -0.1) is 0 Å². The van der Waals surface area contributed by atoms with E-state index in [1.54, 1.807) is 45.9 Å². The zero-order valence-corrected chi connectivity index (χ0v) is 16.8. The van der Waals surface area contributed by atoms with Crippen molar-refractivity contribution in [2.45, 2.75) is 6.42 Å². The molecule has 1 aliphatic rings. The average molecular weight is 413 g/mol. The Morgan fingerprint density at radius 2 is 1.81 bits per heavy atom. The number of β-lactam (4-membered cyclic amide) rings is 1. The van der Waals surface area contributed by atoms with Crippen LogP contribution in [0.3, 0.4) is 0 Å². The molecule has 0 aliphatic carbocycles. The Balaban J connectivity index is 1.59. The number of amides is 1. The number of carbonyl (C=O) groups excluding carboxylic acids is 1. The second-order valence-electron chi connectivity index (χ2n) is 7.09. The molecule has 1 amide bonds. The van der Waals surface area contributed by atoms with Crippen molar-refractivity contribution in [2.75, 3.05) is 18.6 Å². The summed E-state index contributed by atoms with van der Waals surface area (Å²) in [4.78, 5) is 26.1. The molecule has 0 N–H and O–H groups in total. The van der Waals surface area contributed by atoms with Gasteiger partial charge in [-0.2, -0.15) is 10.2 Å². The number of benzene rings is 2. The number of carbonyl (C=O) groups is 1. The highest BCUT2D eigenvalue weighted by Crippen LogP contribution is 2.31. The number of hydrogen-bond acceptors (Lipinski definition) is 5. The van der Waals surface area contributed by atoms with E-state index in [2.05, 4.69) is 10.2 Å². The van der Waals surface area contributed by atoms with Crippen LogP contribution < -0.4 is 15.1 Å². The maximum absolute atomic E-state index is 12.7. The number of aromatic nitrogens is 4. The molecule has 3 heterocycles. The van der Waals surface area contributed by atoms with Crippen LogP contribution in [-0.2, 0) is 4.79 Å². The SMILES string of the molecule is COc1cc(N2CCC2=O)ccc1-n1ccc(=O)c(-c2ccnn2-c2ccccc2)n1. The molecule has 2 aromatic heterocycles. The average Bonchev–Trinajstić information content (AvgIpc) is 3.29. The van der Waals surface area contributed by atoms with Crippen LogP contribution in [0.15, 0.2) is 77.9 Å². The lowest BCUT2D eigenvalue weighted by Gasteiger charge is -2.31. The molecule has 0 atom stereocenters. The van der Waals surface area contributed by atoms with E-state index in [0.29, 0.717) is 30.1 Å². The normalized spacial score (nSPS) is 13.2. The summed E-state index contributed by atoms with van der Waals surface area (Å²) in [6.45, 7) is 0.700. The lowest BCUT2D eigenvalue weighted by molar-refractivity contribution is -0.122. The van der Waals surface area contributed by atoms with Crippen LogP contribution >= 0.6 is 0 Å². The highest BCUT2D eigenvalue weighted by Gasteiger charge is 2.26. The minimum absolute atomic E-state index is 0.0905. The van der Waals surface area contributed by atoms with E-state index in [-0.39, 0.29) is 17.0 Å². The lowest BCUT2D eigenvalue weighted by Crippen LogP contribution is -2.43. The number of anilines is 1. The fraction of sp³-hybridized carbons (Fsp3) is 0.130. The predicted molar refractivity (Wildman–Crippen MR) is 116 cm³/mol. The Morgan fingerprint density at radius 3 is 2.52 bits per heavy atom. The number of nitrogens with zero attached hydrogens (tertiary/aromatic N) is 5. The van der Waals surface area contributed by atoms with E-state index in [9.17, 15) is 9.59 Å². The Labute approximate surface area is 177 Å². The first-order chi connectivity index (χ1) is 15.2. The Kier molecular flexibility index (Phi) is 4.59. The number of methoxy groups -OCH3 is 1. The molecule has 0 bridgehead atoms. The van der Waals surface area contributed by atoms with E-state index in [4.69, 9.17) is 4.74 Å². The van der Waals surface area contributed by atoms with E-state index in [1.165, 1.54) is 6.07 Å². The van der Waals surface area contributed by atoms with Gasteiger partial charge in [-0.3, -0.25) is 9.59 Å². The minimum Gasteiger partial charge on any atom is -0.494 e. The molecule has 1 saturated heterocycles. The fourth-order valence-electron chi connectivity index (χ4n) is 3.59. The van der Waals surface area contributed by atoms with Gasteiger partial charge in [-0.25, -0.2) is 9.36 Å². The van der Waals surface area contributed by atoms with Gasteiger partial charge in [0.25, 0.3) is 0 Å². The van der Waals surface area contributed by atoms with E-state index in [0.717, 1.165) is 11.4 Å². The topological polar surface area (TPSA) is 82.3 Å². The number of rotatable bonds is 5. The highest BCUT2D eigenvalue weighted by atomic mass is 16.5. The van der Waals surface area contributed by atoms with Crippen molar-refractivity contribution >= 4 is 11.6 Å². The molecule has 5 rings (SSSR count). The van der Waals surface area contributed by atoms with Crippen LogP contribution in [0.4, 0.5) is 5.69 Å². The maximum Gasteiger partial charge on any atom is 0.228 e. The third-order valence-electron chi connectivity index (χ3n) is 5.27. The van der Waals surface area contributed by atoms with Crippen molar-refractivity contribution in [1.82, 2.24) is 19.6 Å². The van der Waals surface area contributed by atoms with E-state index < -0.39 is 0 Å². The van der Waals surface area contributed by atoms with E-state index in [1.807, 2.05) is 42.5 Å². The summed E-state index contributed by atoms with van der Waals surface area (Å²) >= 11 is 0. The van der Waals surface area contributed by atoms with Gasteiger partial charge in [0.1, 0.15) is 11.4 Å². The van der Waals surface area contributed by atoms with Gasteiger partial charge in [0.2, 0.25) is 11.3 Å². The monoisotopic (exact) mass is 413 g/mol. The van der Waals surface area contributed by atoms with Gasteiger partial charge >= 0.3 is 0 Å². The fourth-order valence-corrected chi connectivity index (χ4v) is 3.59. The zero-order valence-electron chi connectivity index (χ0n) is 16.8. The molecule has 8 heteroatoms. The minimum atomic E-state index is -0.212.